The Morgan fingerprint density at radius 3 is 1.71 bits per heavy atom. The fourth-order valence-electron chi connectivity index (χ4n) is 3.46. The summed E-state index contributed by atoms with van der Waals surface area (Å²) < 4.78 is 51.2. The highest BCUT2D eigenvalue weighted by atomic mass is 19.4. The molecule has 3 unspecified atom stereocenters. The number of aliphatic hydroxyl groups is 1. The molecule has 0 rings (SSSR count). The first kappa shape index (κ1) is 32.7. The molecule has 0 saturated heterocycles. The van der Waals surface area contributed by atoms with Gasteiger partial charge in [0.05, 0.1) is 10.8 Å². The van der Waals surface area contributed by atoms with E-state index in [2.05, 4.69) is 0 Å². The van der Waals surface area contributed by atoms with Crippen LogP contribution in [0.4, 0.5) is 13.2 Å². The fraction of sp³-hybridized carbons (Fsp3) is 0.923. The van der Waals surface area contributed by atoms with Gasteiger partial charge in [0.2, 0.25) is 0 Å². The molecule has 0 saturated carbocycles. The Kier molecular flexibility index (Phi) is 10.3. The lowest BCUT2D eigenvalue weighted by molar-refractivity contribution is -0.262. The largest absolute Gasteiger partial charge is 0.462 e. The van der Waals surface area contributed by atoms with E-state index >= 15 is 0 Å². The summed E-state index contributed by atoms with van der Waals surface area (Å²) in [6.45, 7) is 20.6. The van der Waals surface area contributed by atoms with Gasteiger partial charge in [-0.15, -0.1) is 0 Å². The van der Waals surface area contributed by atoms with Crippen LogP contribution in [0.2, 0.25) is 0 Å². The molecule has 0 aromatic heterocycles. The minimum absolute atomic E-state index is 0.0548. The normalized spacial score (nSPS) is 18.1. The van der Waals surface area contributed by atoms with Gasteiger partial charge in [-0.1, -0.05) is 41.5 Å². The third-order valence-corrected chi connectivity index (χ3v) is 7.06. The van der Waals surface area contributed by atoms with E-state index in [1.807, 2.05) is 34.6 Å². The van der Waals surface area contributed by atoms with E-state index in [1.165, 1.54) is 0 Å². The van der Waals surface area contributed by atoms with Gasteiger partial charge < -0.3 is 14.6 Å². The maximum Gasteiger partial charge on any atom is 0.417 e. The van der Waals surface area contributed by atoms with E-state index in [-0.39, 0.29) is 24.2 Å². The van der Waals surface area contributed by atoms with E-state index in [4.69, 9.17) is 9.47 Å². The summed E-state index contributed by atoms with van der Waals surface area (Å²) in [7, 11) is 0. The molecular weight excluding hydrogens is 449 g/mol. The second kappa shape index (κ2) is 10.8. The Balaban J connectivity index is 5.75. The summed E-state index contributed by atoms with van der Waals surface area (Å²) in [5, 5.41) is 9.96. The first-order valence-corrected chi connectivity index (χ1v) is 12.0. The summed E-state index contributed by atoms with van der Waals surface area (Å²) in [5.74, 6) is -1.20. The second-order valence-electron chi connectivity index (χ2n) is 12.8. The highest BCUT2D eigenvalue weighted by Gasteiger charge is 2.52. The molecule has 3 atom stereocenters. The lowest BCUT2D eigenvalue weighted by atomic mass is 9.72. The number of alkyl halides is 3. The zero-order chi connectivity index (χ0) is 27.6. The Hall–Kier alpha value is -1.31. The van der Waals surface area contributed by atoms with Gasteiger partial charge in [0.25, 0.3) is 0 Å². The molecule has 0 radical (unpaired) electrons. The number of hydrogen-bond donors (Lipinski definition) is 1. The van der Waals surface area contributed by atoms with Crippen LogP contribution in [-0.4, -0.2) is 40.5 Å². The standard InChI is InChI=1S/C26H47F3O5/c1-13-24(11,16-22(7,8)19(30)34-23(9,10)21(4,5)6)20(31)33-18(14-17(2)3)15-25(12,32)26(27,28)29/h17-18,32H,13-16H2,1-12H3. The number of carbonyl (C=O) groups excluding carboxylic acids is 2. The first-order chi connectivity index (χ1) is 14.8. The predicted octanol–water partition coefficient (Wildman–Crippen LogP) is 6.85. The van der Waals surface area contributed by atoms with Crippen molar-refractivity contribution in [1.29, 1.82) is 0 Å². The fourth-order valence-corrected chi connectivity index (χ4v) is 3.46. The molecule has 0 bridgehead atoms. The SMILES string of the molecule is CCC(C)(CC(C)(C)C(=O)OC(C)(C)C(C)(C)C)C(=O)OC(CC(C)C)CC(C)(O)C(F)(F)F. The van der Waals surface area contributed by atoms with Gasteiger partial charge in [-0.2, -0.15) is 13.2 Å². The van der Waals surface area contributed by atoms with Crippen LogP contribution in [0.3, 0.4) is 0 Å². The van der Waals surface area contributed by atoms with Gasteiger partial charge in [-0.05, 0) is 66.7 Å². The zero-order valence-electron chi connectivity index (χ0n) is 23.2. The summed E-state index contributed by atoms with van der Waals surface area (Å²) in [6, 6.07) is 0. The van der Waals surface area contributed by atoms with Gasteiger partial charge in [0.15, 0.2) is 5.60 Å². The molecule has 0 aromatic carbocycles. The van der Waals surface area contributed by atoms with Gasteiger partial charge in [-0.25, -0.2) is 0 Å². The van der Waals surface area contributed by atoms with Crippen molar-refractivity contribution in [2.24, 2.45) is 22.2 Å². The predicted molar refractivity (Wildman–Crippen MR) is 127 cm³/mol. The lowest BCUT2D eigenvalue weighted by Gasteiger charge is -2.41. The van der Waals surface area contributed by atoms with Crippen molar-refractivity contribution in [3.05, 3.63) is 0 Å². The van der Waals surface area contributed by atoms with Crippen LogP contribution in [0.25, 0.3) is 0 Å². The molecule has 0 fully saturated rings. The van der Waals surface area contributed by atoms with Crippen LogP contribution >= 0.6 is 0 Å². The highest BCUT2D eigenvalue weighted by Crippen LogP contribution is 2.42. The second-order valence-corrected chi connectivity index (χ2v) is 12.8. The summed E-state index contributed by atoms with van der Waals surface area (Å²) in [6.07, 6.45) is -6.15. The molecule has 0 aliphatic heterocycles. The van der Waals surface area contributed by atoms with Crippen LogP contribution < -0.4 is 0 Å². The minimum Gasteiger partial charge on any atom is -0.462 e. The smallest absolute Gasteiger partial charge is 0.417 e. The van der Waals surface area contributed by atoms with Crippen molar-refractivity contribution < 1.29 is 37.3 Å². The third-order valence-electron chi connectivity index (χ3n) is 7.06. The van der Waals surface area contributed by atoms with E-state index < -0.39 is 52.7 Å². The van der Waals surface area contributed by atoms with Gasteiger partial charge in [-0.3, -0.25) is 9.59 Å². The van der Waals surface area contributed by atoms with E-state index in [9.17, 15) is 27.9 Å². The number of rotatable bonds is 11. The lowest BCUT2D eigenvalue weighted by Crippen LogP contribution is -2.48. The molecule has 0 aliphatic carbocycles. The Labute approximate surface area is 204 Å². The molecule has 5 nitrogen and oxygen atoms in total. The Morgan fingerprint density at radius 2 is 1.35 bits per heavy atom. The van der Waals surface area contributed by atoms with Crippen LogP contribution in [0.1, 0.15) is 109 Å². The number of halogens is 3. The third kappa shape index (κ3) is 8.72. The van der Waals surface area contributed by atoms with E-state index in [0.717, 1.165) is 0 Å². The van der Waals surface area contributed by atoms with Crippen LogP contribution in [0.5, 0.6) is 0 Å². The number of carbonyl (C=O) groups is 2. The molecule has 202 valence electrons. The maximum atomic E-state index is 13.3. The van der Waals surface area contributed by atoms with Crippen molar-refractivity contribution in [2.75, 3.05) is 0 Å². The Bertz CT molecular complexity index is 702. The monoisotopic (exact) mass is 496 g/mol. The van der Waals surface area contributed by atoms with Crippen molar-refractivity contribution in [3.63, 3.8) is 0 Å². The van der Waals surface area contributed by atoms with E-state index in [0.29, 0.717) is 13.3 Å². The summed E-state index contributed by atoms with van der Waals surface area (Å²) >= 11 is 0. The van der Waals surface area contributed by atoms with E-state index in [1.54, 1.807) is 41.5 Å². The van der Waals surface area contributed by atoms with Crippen molar-refractivity contribution in [2.45, 2.75) is 132 Å². The average Bonchev–Trinajstić information content (AvgIpc) is 2.57. The molecule has 1 N–H and O–H groups in total. The molecule has 0 spiro atoms. The molecular formula is C26H47F3O5. The quantitative estimate of drug-likeness (QED) is 0.317. The molecule has 0 aliphatic rings. The van der Waals surface area contributed by atoms with Crippen LogP contribution in [0.15, 0.2) is 0 Å². The van der Waals surface area contributed by atoms with Gasteiger partial charge in [0, 0.05) is 11.8 Å². The van der Waals surface area contributed by atoms with Crippen molar-refractivity contribution >= 4 is 11.9 Å². The summed E-state index contributed by atoms with van der Waals surface area (Å²) in [5.41, 5.74) is -6.23. The molecule has 8 heteroatoms. The molecule has 0 amide bonds. The first-order valence-electron chi connectivity index (χ1n) is 12.0. The maximum absolute atomic E-state index is 13.3. The van der Waals surface area contributed by atoms with Crippen LogP contribution in [-0.2, 0) is 19.1 Å². The number of ether oxygens (including phenoxy) is 2. The molecule has 0 heterocycles. The number of hydrogen-bond acceptors (Lipinski definition) is 5. The average molecular weight is 497 g/mol. The van der Waals surface area contributed by atoms with Crippen molar-refractivity contribution in [3.8, 4) is 0 Å². The number of esters is 2. The van der Waals surface area contributed by atoms with Gasteiger partial charge in [0.1, 0.15) is 11.7 Å². The highest BCUT2D eigenvalue weighted by molar-refractivity contribution is 5.80. The topological polar surface area (TPSA) is 72.8 Å². The zero-order valence-corrected chi connectivity index (χ0v) is 23.2. The molecule has 34 heavy (non-hydrogen) atoms. The summed E-state index contributed by atoms with van der Waals surface area (Å²) in [4.78, 5) is 26.3. The van der Waals surface area contributed by atoms with Gasteiger partial charge >= 0.3 is 18.1 Å². The molecule has 0 aromatic rings. The van der Waals surface area contributed by atoms with Crippen molar-refractivity contribution in [1.82, 2.24) is 0 Å². The Morgan fingerprint density at radius 1 is 0.882 bits per heavy atom. The minimum atomic E-state index is -4.85. The van der Waals surface area contributed by atoms with Crippen LogP contribution in [0, 0.1) is 22.2 Å².